The topological polar surface area (TPSA) is 61.4 Å². The lowest BCUT2D eigenvalue weighted by Crippen LogP contribution is -2.46. The minimum absolute atomic E-state index is 0.370. The molecule has 1 amide bonds. The zero-order valence-electron chi connectivity index (χ0n) is 19.0. The number of fused-ring (bicyclic) bond motifs is 2. The van der Waals surface area contributed by atoms with Crippen molar-refractivity contribution in [3.05, 3.63) is 24.3 Å². The summed E-state index contributed by atoms with van der Waals surface area (Å²) in [5.41, 5.74) is 1.95. The van der Waals surface area contributed by atoms with E-state index in [-0.39, 0.29) is 0 Å². The van der Waals surface area contributed by atoms with Crippen molar-refractivity contribution in [2.45, 2.75) is 76.3 Å². The lowest BCUT2D eigenvalue weighted by molar-refractivity contribution is -0.136. The number of benzene rings is 1. The Morgan fingerprint density at radius 2 is 1.56 bits per heavy atom. The Bertz CT molecular complexity index is 973. The first-order valence-electron chi connectivity index (χ1n) is 12.8. The van der Waals surface area contributed by atoms with E-state index >= 15 is 0 Å². The van der Waals surface area contributed by atoms with Gasteiger partial charge < -0.3 is 15.1 Å². The first-order chi connectivity index (χ1) is 15.7. The number of nitrogens with one attached hydrogen (secondary N) is 1. The largest absolute Gasteiger partial charge is 0.364 e. The zero-order valence-corrected chi connectivity index (χ0v) is 19.0. The number of carbonyl (C=O) groups excluding carboxylic acids is 1. The maximum atomic E-state index is 12.4. The van der Waals surface area contributed by atoms with Crippen molar-refractivity contribution in [3.63, 3.8) is 0 Å². The molecule has 6 nitrogen and oxygen atoms in total. The van der Waals surface area contributed by atoms with Crippen LogP contribution in [0.25, 0.3) is 11.0 Å². The minimum atomic E-state index is 0.370. The number of piperidine rings is 1. The molecule has 3 heterocycles. The second kappa shape index (κ2) is 8.53. The molecule has 1 N–H and O–H groups in total. The summed E-state index contributed by atoms with van der Waals surface area (Å²) in [5.74, 6) is 4.03. The van der Waals surface area contributed by atoms with Gasteiger partial charge in [-0.1, -0.05) is 18.6 Å². The first kappa shape index (κ1) is 20.3. The smallest absolute Gasteiger partial charge is 0.222 e. The highest BCUT2D eigenvalue weighted by atomic mass is 16.2. The van der Waals surface area contributed by atoms with Gasteiger partial charge in [0.1, 0.15) is 0 Å². The van der Waals surface area contributed by atoms with Crippen LogP contribution in [0.15, 0.2) is 24.3 Å². The Labute approximate surface area is 190 Å². The average Bonchev–Trinajstić information content (AvgIpc) is 3.42. The van der Waals surface area contributed by atoms with Crippen LogP contribution in [0.4, 0.5) is 11.6 Å². The maximum absolute atomic E-state index is 12.4. The van der Waals surface area contributed by atoms with Gasteiger partial charge in [-0.25, -0.2) is 9.97 Å². The summed E-state index contributed by atoms with van der Waals surface area (Å²) in [4.78, 5) is 27.2. The molecule has 1 aromatic heterocycles. The molecule has 6 heteroatoms. The SMILES string of the molecule is O=C1CCCCN1C1CCC(Nc2nc3ccccc3nc2N2C[C@H]3CCC[C@H]3C2)CC1. The zero-order chi connectivity index (χ0) is 21.5. The number of hydrogen-bond acceptors (Lipinski definition) is 5. The molecule has 32 heavy (non-hydrogen) atoms. The highest BCUT2D eigenvalue weighted by molar-refractivity contribution is 5.81. The van der Waals surface area contributed by atoms with E-state index in [9.17, 15) is 4.79 Å². The van der Waals surface area contributed by atoms with Crippen LogP contribution in [-0.4, -0.2) is 52.5 Å². The quantitative estimate of drug-likeness (QED) is 0.763. The molecule has 170 valence electrons. The highest BCUT2D eigenvalue weighted by Gasteiger charge is 2.38. The second-order valence-corrected chi connectivity index (χ2v) is 10.4. The Morgan fingerprint density at radius 1 is 0.844 bits per heavy atom. The first-order valence-corrected chi connectivity index (χ1v) is 12.8. The van der Waals surface area contributed by atoms with E-state index in [0.29, 0.717) is 18.0 Å². The van der Waals surface area contributed by atoms with Gasteiger partial charge >= 0.3 is 0 Å². The van der Waals surface area contributed by atoms with Crippen LogP contribution >= 0.6 is 0 Å². The van der Waals surface area contributed by atoms with E-state index in [1.807, 2.05) is 6.07 Å². The predicted molar refractivity (Wildman–Crippen MR) is 128 cm³/mol. The molecule has 2 aromatic rings. The average molecular weight is 434 g/mol. The monoisotopic (exact) mass is 433 g/mol. The summed E-state index contributed by atoms with van der Waals surface area (Å²) in [6.07, 6.45) is 11.5. The molecule has 6 rings (SSSR count). The van der Waals surface area contributed by atoms with Gasteiger partial charge in [0.25, 0.3) is 0 Å². The Morgan fingerprint density at radius 3 is 2.28 bits per heavy atom. The fourth-order valence-corrected chi connectivity index (χ4v) is 6.65. The number of carbonyl (C=O) groups is 1. The Kier molecular flexibility index (Phi) is 5.40. The third kappa shape index (κ3) is 3.82. The van der Waals surface area contributed by atoms with Gasteiger partial charge in [0, 0.05) is 38.1 Å². The Hall–Kier alpha value is -2.37. The van der Waals surface area contributed by atoms with E-state index in [4.69, 9.17) is 9.97 Å². The summed E-state index contributed by atoms with van der Waals surface area (Å²) in [7, 11) is 0. The van der Waals surface area contributed by atoms with E-state index in [2.05, 4.69) is 33.3 Å². The van der Waals surface area contributed by atoms with Crippen LogP contribution in [0.3, 0.4) is 0 Å². The molecule has 2 aliphatic heterocycles. The van der Waals surface area contributed by atoms with Crippen molar-refractivity contribution in [1.29, 1.82) is 0 Å². The number of amides is 1. The molecule has 4 aliphatic rings. The molecule has 2 atom stereocenters. The van der Waals surface area contributed by atoms with Crippen molar-refractivity contribution >= 4 is 28.6 Å². The van der Waals surface area contributed by atoms with Gasteiger partial charge in [0.2, 0.25) is 5.91 Å². The Balaban J connectivity index is 1.19. The van der Waals surface area contributed by atoms with Gasteiger partial charge in [-0.15, -0.1) is 0 Å². The van der Waals surface area contributed by atoms with Crippen LogP contribution < -0.4 is 10.2 Å². The van der Waals surface area contributed by atoms with Crippen molar-refractivity contribution in [2.75, 3.05) is 29.9 Å². The van der Waals surface area contributed by atoms with Crippen molar-refractivity contribution in [3.8, 4) is 0 Å². The lowest BCUT2D eigenvalue weighted by atomic mass is 9.89. The number of aromatic nitrogens is 2. The summed E-state index contributed by atoms with van der Waals surface area (Å²) in [6.45, 7) is 3.20. The molecule has 2 saturated carbocycles. The van der Waals surface area contributed by atoms with E-state index in [1.54, 1.807) is 0 Å². The minimum Gasteiger partial charge on any atom is -0.364 e. The molecule has 0 unspecified atom stereocenters. The third-order valence-corrected chi connectivity index (χ3v) is 8.42. The fourth-order valence-electron chi connectivity index (χ4n) is 6.65. The molecule has 0 bridgehead atoms. The predicted octanol–water partition coefficient (Wildman–Crippen LogP) is 4.60. The number of rotatable bonds is 4. The molecule has 2 aliphatic carbocycles. The number of para-hydroxylation sites is 2. The second-order valence-electron chi connectivity index (χ2n) is 10.4. The molecular weight excluding hydrogens is 398 g/mol. The standard InChI is InChI=1S/C26H35N5O/c32-24-10-3-4-15-31(24)21-13-11-20(12-14-21)27-25-26(29-23-9-2-1-8-22(23)28-25)30-16-18-6-5-7-19(18)17-30/h1-2,8-9,18-21H,3-7,10-17H2,(H,27,28)/t18-,19+,20?,21?. The van der Waals surface area contributed by atoms with Crippen LogP contribution in [0.5, 0.6) is 0 Å². The van der Waals surface area contributed by atoms with Gasteiger partial charge in [-0.3, -0.25) is 4.79 Å². The van der Waals surface area contributed by atoms with E-state index < -0.39 is 0 Å². The maximum Gasteiger partial charge on any atom is 0.222 e. The number of hydrogen-bond donors (Lipinski definition) is 1. The van der Waals surface area contributed by atoms with Crippen molar-refractivity contribution < 1.29 is 4.79 Å². The van der Waals surface area contributed by atoms with Gasteiger partial charge in [-0.2, -0.15) is 0 Å². The molecule has 2 saturated heterocycles. The lowest BCUT2D eigenvalue weighted by Gasteiger charge is -2.39. The molecular formula is C26H35N5O. The van der Waals surface area contributed by atoms with Crippen molar-refractivity contribution in [1.82, 2.24) is 14.9 Å². The molecule has 4 fully saturated rings. The van der Waals surface area contributed by atoms with E-state index in [1.165, 1.54) is 19.3 Å². The van der Waals surface area contributed by atoms with Crippen LogP contribution in [0.2, 0.25) is 0 Å². The summed E-state index contributed by atoms with van der Waals surface area (Å²) in [5, 5.41) is 3.80. The normalized spacial score (nSPS) is 30.7. The van der Waals surface area contributed by atoms with E-state index in [0.717, 1.165) is 99.1 Å². The number of anilines is 2. The fraction of sp³-hybridized carbons (Fsp3) is 0.654. The molecule has 0 spiro atoms. The number of nitrogens with zero attached hydrogens (tertiary/aromatic N) is 4. The third-order valence-electron chi connectivity index (χ3n) is 8.42. The van der Waals surface area contributed by atoms with Crippen LogP contribution in [-0.2, 0) is 4.79 Å². The van der Waals surface area contributed by atoms with Gasteiger partial charge in [0.15, 0.2) is 11.6 Å². The van der Waals surface area contributed by atoms with Crippen LogP contribution in [0, 0.1) is 11.8 Å². The van der Waals surface area contributed by atoms with Gasteiger partial charge in [0.05, 0.1) is 11.0 Å². The van der Waals surface area contributed by atoms with Crippen molar-refractivity contribution in [2.24, 2.45) is 11.8 Å². The summed E-state index contributed by atoms with van der Waals surface area (Å²) >= 11 is 0. The summed E-state index contributed by atoms with van der Waals surface area (Å²) in [6, 6.07) is 9.07. The number of likely N-dealkylation sites (tertiary alicyclic amines) is 1. The summed E-state index contributed by atoms with van der Waals surface area (Å²) < 4.78 is 0. The van der Waals surface area contributed by atoms with Gasteiger partial charge in [-0.05, 0) is 75.3 Å². The molecule has 0 radical (unpaired) electrons. The highest BCUT2D eigenvalue weighted by Crippen LogP contribution is 2.41. The van der Waals surface area contributed by atoms with Crippen LogP contribution in [0.1, 0.15) is 64.2 Å². The molecule has 1 aromatic carbocycles.